The summed E-state index contributed by atoms with van der Waals surface area (Å²) in [6, 6.07) is 10.3. The summed E-state index contributed by atoms with van der Waals surface area (Å²) in [7, 11) is 1.42. The number of nitrogens with two attached hydrogens (primary N) is 2. The minimum atomic E-state index is -1.59. The fourth-order valence-electron chi connectivity index (χ4n) is 2.65. The predicted octanol–water partition coefficient (Wildman–Crippen LogP) is 0.404. The molecule has 2 rings (SSSR count). The standard InChI is InChI=1S/C20H25N5O4/c1-3-20(12-26,19(22)28)25-18(27)17(23-2)15-10-14(7-8-16(15)21)29-11-13-6-4-5-9-24-13/h4-10,26H,3,11-12,21H2,1-2H3,(H2,22,28)(H,25,27). The molecule has 9 nitrogen and oxygen atoms in total. The van der Waals surface area contributed by atoms with Gasteiger partial charge in [0.05, 0.1) is 12.3 Å². The number of pyridine rings is 1. The molecule has 29 heavy (non-hydrogen) atoms. The highest BCUT2D eigenvalue weighted by molar-refractivity contribution is 6.46. The highest BCUT2D eigenvalue weighted by Gasteiger charge is 2.37. The molecule has 9 heteroatoms. The van der Waals surface area contributed by atoms with Crippen molar-refractivity contribution in [3.05, 3.63) is 53.9 Å². The maximum absolute atomic E-state index is 12.8. The molecule has 1 heterocycles. The Bertz CT molecular complexity index is 895. The van der Waals surface area contributed by atoms with Gasteiger partial charge in [-0.15, -0.1) is 0 Å². The van der Waals surface area contributed by atoms with Gasteiger partial charge in [-0.1, -0.05) is 13.0 Å². The van der Waals surface area contributed by atoms with E-state index < -0.39 is 24.0 Å². The first kappa shape index (κ1) is 21.8. The average Bonchev–Trinajstić information content (AvgIpc) is 2.73. The van der Waals surface area contributed by atoms with Crippen LogP contribution in [-0.4, -0.2) is 46.8 Å². The molecular formula is C20H25N5O4. The van der Waals surface area contributed by atoms with Crippen LogP contribution in [0.3, 0.4) is 0 Å². The lowest BCUT2D eigenvalue weighted by Gasteiger charge is -2.28. The molecule has 0 aliphatic rings. The second-order valence-electron chi connectivity index (χ2n) is 6.34. The summed E-state index contributed by atoms with van der Waals surface area (Å²) in [6.45, 7) is 1.23. The third kappa shape index (κ3) is 5.08. The SMILES string of the molecule is CCC(CO)(NC(=O)C(=NC)c1cc(OCc2ccccn2)ccc1N)C(N)=O. The predicted molar refractivity (Wildman–Crippen MR) is 109 cm³/mol. The van der Waals surface area contributed by atoms with E-state index in [1.165, 1.54) is 7.05 Å². The number of aliphatic hydroxyl groups is 1. The first-order chi connectivity index (χ1) is 13.9. The molecule has 0 aliphatic carbocycles. The van der Waals surface area contributed by atoms with E-state index in [2.05, 4.69) is 15.3 Å². The Labute approximate surface area is 168 Å². The number of aliphatic hydroxyl groups excluding tert-OH is 1. The average molecular weight is 399 g/mol. The molecule has 2 amide bonds. The Balaban J connectivity index is 2.26. The lowest BCUT2D eigenvalue weighted by Crippen LogP contribution is -2.61. The van der Waals surface area contributed by atoms with Crippen LogP contribution < -0.4 is 21.5 Å². The number of primary amides is 1. The number of carbonyl (C=O) groups is 2. The first-order valence-corrected chi connectivity index (χ1v) is 8.99. The number of aromatic nitrogens is 1. The number of carbonyl (C=O) groups excluding carboxylic acids is 2. The minimum absolute atomic E-state index is 0.0155. The van der Waals surface area contributed by atoms with Crippen molar-refractivity contribution < 1.29 is 19.4 Å². The number of hydrogen-bond acceptors (Lipinski definition) is 7. The minimum Gasteiger partial charge on any atom is -0.487 e. The smallest absolute Gasteiger partial charge is 0.271 e. The van der Waals surface area contributed by atoms with Crippen molar-refractivity contribution >= 4 is 23.2 Å². The van der Waals surface area contributed by atoms with Crippen molar-refractivity contribution in [3.8, 4) is 5.75 Å². The summed E-state index contributed by atoms with van der Waals surface area (Å²) >= 11 is 0. The number of nitrogens with one attached hydrogen (secondary N) is 1. The maximum Gasteiger partial charge on any atom is 0.271 e. The lowest BCUT2D eigenvalue weighted by molar-refractivity contribution is -0.130. The van der Waals surface area contributed by atoms with Gasteiger partial charge >= 0.3 is 0 Å². The van der Waals surface area contributed by atoms with Gasteiger partial charge in [-0.3, -0.25) is 19.6 Å². The summed E-state index contributed by atoms with van der Waals surface area (Å²) in [5.74, 6) is -1.06. The molecule has 1 atom stereocenters. The van der Waals surface area contributed by atoms with Crippen LogP contribution in [0.15, 0.2) is 47.6 Å². The Morgan fingerprint density at radius 3 is 2.62 bits per heavy atom. The summed E-state index contributed by atoms with van der Waals surface area (Å²) in [6.07, 6.45) is 1.78. The zero-order chi connectivity index (χ0) is 21.4. The fourth-order valence-corrected chi connectivity index (χ4v) is 2.65. The Morgan fingerprint density at radius 2 is 2.07 bits per heavy atom. The number of aliphatic imine (C=N–C) groups is 1. The molecule has 0 bridgehead atoms. The summed E-state index contributed by atoms with van der Waals surface area (Å²) < 4.78 is 5.72. The Kier molecular flexibility index (Phi) is 7.27. The summed E-state index contributed by atoms with van der Waals surface area (Å²) in [5, 5.41) is 12.1. The van der Waals surface area contributed by atoms with Gasteiger partial charge in [0.2, 0.25) is 5.91 Å². The van der Waals surface area contributed by atoms with Crippen molar-refractivity contribution in [1.29, 1.82) is 0 Å². The van der Waals surface area contributed by atoms with Crippen LogP contribution in [0.25, 0.3) is 0 Å². The van der Waals surface area contributed by atoms with Crippen molar-refractivity contribution in [1.82, 2.24) is 10.3 Å². The molecule has 2 aromatic rings. The molecule has 0 saturated heterocycles. The van der Waals surface area contributed by atoms with E-state index in [4.69, 9.17) is 16.2 Å². The van der Waals surface area contributed by atoms with Gasteiger partial charge in [0.25, 0.3) is 5.91 Å². The van der Waals surface area contributed by atoms with Gasteiger partial charge in [-0.2, -0.15) is 0 Å². The van der Waals surface area contributed by atoms with Gasteiger partial charge in [-0.25, -0.2) is 0 Å². The second-order valence-corrected chi connectivity index (χ2v) is 6.34. The molecule has 154 valence electrons. The van der Waals surface area contributed by atoms with Crippen molar-refractivity contribution in [2.75, 3.05) is 19.4 Å². The maximum atomic E-state index is 12.8. The molecule has 0 aliphatic heterocycles. The number of hydrogen-bond donors (Lipinski definition) is 4. The zero-order valence-corrected chi connectivity index (χ0v) is 16.4. The molecule has 0 saturated carbocycles. The zero-order valence-electron chi connectivity index (χ0n) is 16.4. The van der Waals surface area contributed by atoms with Crippen LogP contribution in [0, 0.1) is 0 Å². The monoisotopic (exact) mass is 399 g/mol. The topological polar surface area (TPSA) is 153 Å². The number of ether oxygens (including phenoxy) is 1. The Morgan fingerprint density at radius 1 is 1.31 bits per heavy atom. The molecule has 0 spiro atoms. The molecule has 6 N–H and O–H groups in total. The number of rotatable bonds is 9. The molecule has 1 aromatic heterocycles. The molecule has 1 aromatic carbocycles. The number of nitrogen functional groups attached to an aromatic ring is 1. The summed E-state index contributed by atoms with van der Waals surface area (Å²) in [4.78, 5) is 32.8. The van der Waals surface area contributed by atoms with Crippen LogP contribution in [0.2, 0.25) is 0 Å². The van der Waals surface area contributed by atoms with E-state index >= 15 is 0 Å². The van der Waals surface area contributed by atoms with Gasteiger partial charge in [0.1, 0.15) is 23.6 Å². The van der Waals surface area contributed by atoms with Gasteiger partial charge in [-0.05, 0) is 36.8 Å². The highest BCUT2D eigenvalue weighted by Crippen LogP contribution is 2.22. The molecular weight excluding hydrogens is 374 g/mol. The molecule has 0 fully saturated rings. The second kappa shape index (κ2) is 9.65. The van der Waals surface area contributed by atoms with Crippen LogP contribution in [0.4, 0.5) is 5.69 Å². The van der Waals surface area contributed by atoms with Gasteiger partial charge in [0.15, 0.2) is 0 Å². The van der Waals surface area contributed by atoms with E-state index in [1.54, 1.807) is 31.3 Å². The molecule has 1 unspecified atom stereocenters. The summed E-state index contributed by atoms with van der Waals surface area (Å²) in [5.41, 5.74) is 11.2. The van der Waals surface area contributed by atoms with E-state index in [0.29, 0.717) is 17.0 Å². The third-order valence-corrected chi connectivity index (χ3v) is 4.53. The normalized spacial score (nSPS) is 13.4. The van der Waals surface area contributed by atoms with Crippen molar-refractivity contribution in [2.24, 2.45) is 10.7 Å². The van der Waals surface area contributed by atoms with E-state index in [1.807, 2.05) is 18.2 Å². The number of benzene rings is 1. The first-order valence-electron chi connectivity index (χ1n) is 8.99. The van der Waals surface area contributed by atoms with E-state index in [-0.39, 0.29) is 18.7 Å². The van der Waals surface area contributed by atoms with Crippen molar-refractivity contribution in [2.45, 2.75) is 25.5 Å². The van der Waals surface area contributed by atoms with Crippen LogP contribution in [0.5, 0.6) is 5.75 Å². The van der Waals surface area contributed by atoms with Crippen LogP contribution >= 0.6 is 0 Å². The quantitative estimate of drug-likeness (QED) is 0.354. The van der Waals surface area contributed by atoms with E-state index in [9.17, 15) is 14.7 Å². The van der Waals surface area contributed by atoms with Crippen molar-refractivity contribution in [3.63, 3.8) is 0 Å². The number of amides is 2. The number of nitrogens with zero attached hydrogens (tertiary/aromatic N) is 2. The third-order valence-electron chi connectivity index (χ3n) is 4.53. The Hall–Kier alpha value is -3.46. The highest BCUT2D eigenvalue weighted by atomic mass is 16.5. The number of anilines is 1. The lowest BCUT2D eigenvalue weighted by atomic mass is 9.95. The van der Waals surface area contributed by atoms with Crippen LogP contribution in [0.1, 0.15) is 24.6 Å². The largest absolute Gasteiger partial charge is 0.487 e. The van der Waals surface area contributed by atoms with Gasteiger partial charge < -0.3 is 26.6 Å². The van der Waals surface area contributed by atoms with Crippen LogP contribution in [-0.2, 0) is 16.2 Å². The fraction of sp³-hybridized carbons (Fsp3) is 0.300. The molecule has 0 radical (unpaired) electrons. The van der Waals surface area contributed by atoms with Gasteiger partial charge in [0, 0.05) is 24.5 Å². The van der Waals surface area contributed by atoms with E-state index in [0.717, 1.165) is 5.69 Å².